The van der Waals surface area contributed by atoms with Crippen LogP contribution in [0.2, 0.25) is 0 Å². The monoisotopic (exact) mass is 265 g/mol. The van der Waals surface area contributed by atoms with Gasteiger partial charge in [-0.2, -0.15) is 0 Å². The first-order chi connectivity index (χ1) is 9.21. The Morgan fingerprint density at radius 2 is 1.79 bits per heavy atom. The van der Waals surface area contributed by atoms with Crippen molar-refractivity contribution in [2.45, 2.75) is 40.2 Å². The van der Waals surface area contributed by atoms with Gasteiger partial charge < -0.3 is 14.8 Å². The molecule has 0 fully saturated rings. The molecule has 0 radical (unpaired) electrons. The highest BCUT2D eigenvalue weighted by Gasteiger charge is 2.15. The van der Waals surface area contributed by atoms with E-state index < -0.39 is 0 Å². The number of hydrogen-bond donors (Lipinski definition) is 1. The minimum Gasteiger partial charge on any atom is -0.494 e. The number of nitrogens with one attached hydrogen (secondary N) is 1. The summed E-state index contributed by atoms with van der Waals surface area (Å²) in [6.45, 7) is 10.9. The molecule has 108 valence electrons. The maximum atomic E-state index is 5.89. The molecule has 1 aromatic carbocycles. The number of benzene rings is 1. The average Bonchev–Trinajstić information content (AvgIpc) is 2.43. The third-order valence-corrected chi connectivity index (χ3v) is 3.34. The first-order valence-electron chi connectivity index (χ1n) is 7.30. The fourth-order valence-corrected chi connectivity index (χ4v) is 1.98. The van der Waals surface area contributed by atoms with Crippen molar-refractivity contribution in [3.63, 3.8) is 0 Å². The lowest BCUT2D eigenvalue weighted by Gasteiger charge is -2.24. The van der Waals surface area contributed by atoms with E-state index in [-0.39, 0.29) is 0 Å². The SMILES string of the molecule is CCNC(COc1cccc(OCC)c1)C(C)CC. The van der Waals surface area contributed by atoms with Crippen LogP contribution in [0.1, 0.15) is 34.1 Å². The Bertz CT molecular complexity index is 354. The molecule has 1 aromatic rings. The molecule has 19 heavy (non-hydrogen) atoms. The number of hydrogen-bond acceptors (Lipinski definition) is 3. The predicted molar refractivity (Wildman–Crippen MR) is 80.0 cm³/mol. The van der Waals surface area contributed by atoms with E-state index >= 15 is 0 Å². The maximum Gasteiger partial charge on any atom is 0.123 e. The van der Waals surface area contributed by atoms with Crippen molar-refractivity contribution in [1.82, 2.24) is 5.32 Å². The molecule has 3 nitrogen and oxygen atoms in total. The van der Waals surface area contributed by atoms with Crippen LogP contribution in [-0.2, 0) is 0 Å². The van der Waals surface area contributed by atoms with E-state index in [0.29, 0.717) is 25.2 Å². The van der Waals surface area contributed by atoms with Crippen LogP contribution in [0.3, 0.4) is 0 Å². The van der Waals surface area contributed by atoms with Crippen LogP contribution in [0.5, 0.6) is 11.5 Å². The van der Waals surface area contributed by atoms with Crippen molar-refractivity contribution in [2.75, 3.05) is 19.8 Å². The van der Waals surface area contributed by atoms with Crippen molar-refractivity contribution in [3.05, 3.63) is 24.3 Å². The molecule has 2 atom stereocenters. The van der Waals surface area contributed by atoms with Crippen LogP contribution in [0.25, 0.3) is 0 Å². The van der Waals surface area contributed by atoms with Crippen molar-refractivity contribution >= 4 is 0 Å². The van der Waals surface area contributed by atoms with E-state index in [9.17, 15) is 0 Å². The lowest BCUT2D eigenvalue weighted by atomic mass is 10.00. The molecule has 0 heterocycles. The van der Waals surface area contributed by atoms with Gasteiger partial charge in [0.25, 0.3) is 0 Å². The summed E-state index contributed by atoms with van der Waals surface area (Å²) in [5, 5.41) is 3.49. The van der Waals surface area contributed by atoms with E-state index in [2.05, 4.69) is 26.1 Å². The Kier molecular flexibility index (Phi) is 7.34. The van der Waals surface area contributed by atoms with Crippen molar-refractivity contribution in [2.24, 2.45) is 5.92 Å². The predicted octanol–water partition coefficient (Wildman–Crippen LogP) is 3.49. The van der Waals surface area contributed by atoms with Gasteiger partial charge in [0.05, 0.1) is 6.61 Å². The second-order valence-corrected chi connectivity index (χ2v) is 4.77. The lowest BCUT2D eigenvalue weighted by molar-refractivity contribution is 0.221. The third kappa shape index (κ3) is 5.52. The zero-order valence-corrected chi connectivity index (χ0v) is 12.6. The van der Waals surface area contributed by atoms with Gasteiger partial charge >= 0.3 is 0 Å². The highest BCUT2D eigenvalue weighted by atomic mass is 16.5. The topological polar surface area (TPSA) is 30.5 Å². The second kappa shape index (κ2) is 8.81. The van der Waals surface area contributed by atoms with Crippen LogP contribution >= 0.6 is 0 Å². The summed E-state index contributed by atoms with van der Waals surface area (Å²) in [5.74, 6) is 2.34. The molecule has 0 aliphatic carbocycles. The molecule has 1 rings (SSSR count). The summed E-state index contributed by atoms with van der Waals surface area (Å²) in [5.41, 5.74) is 0. The maximum absolute atomic E-state index is 5.89. The molecule has 0 aliphatic heterocycles. The highest BCUT2D eigenvalue weighted by Crippen LogP contribution is 2.20. The smallest absolute Gasteiger partial charge is 0.123 e. The van der Waals surface area contributed by atoms with Crippen LogP contribution < -0.4 is 14.8 Å². The summed E-state index contributed by atoms with van der Waals surface area (Å²) < 4.78 is 11.4. The van der Waals surface area contributed by atoms with Gasteiger partial charge in [-0.3, -0.25) is 0 Å². The first kappa shape index (κ1) is 15.8. The summed E-state index contributed by atoms with van der Waals surface area (Å²) in [6.07, 6.45) is 1.15. The number of rotatable bonds is 9. The number of likely N-dealkylation sites (N-methyl/N-ethyl adjacent to an activating group) is 1. The molecule has 0 bridgehead atoms. The van der Waals surface area contributed by atoms with Crippen LogP contribution in [0, 0.1) is 5.92 Å². The molecular formula is C16H27NO2. The zero-order valence-electron chi connectivity index (χ0n) is 12.6. The van der Waals surface area contributed by atoms with E-state index in [1.54, 1.807) is 0 Å². The first-order valence-corrected chi connectivity index (χ1v) is 7.30. The zero-order chi connectivity index (χ0) is 14.1. The standard InChI is InChI=1S/C16H27NO2/c1-5-13(4)16(17-6-2)12-19-15-10-8-9-14(11-15)18-7-3/h8-11,13,16-17H,5-7,12H2,1-4H3. The summed E-state index contributed by atoms with van der Waals surface area (Å²) in [4.78, 5) is 0. The fourth-order valence-electron chi connectivity index (χ4n) is 1.98. The normalized spacial score (nSPS) is 13.9. The van der Waals surface area contributed by atoms with Gasteiger partial charge in [-0.1, -0.05) is 33.3 Å². The van der Waals surface area contributed by atoms with Gasteiger partial charge in [0.15, 0.2) is 0 Å². The third-order valence-electron chi connectivity index (χ3n) is 3.34. The molecule has 3 heteroatoms. The van der Waals surface area contributed by atoms with Crippen LogP contribution in [0.4, 0.5) is 0 Å². The molecule has 1 N–H and O–H groups in total. The van der Waals surface area contributed by atoms with Gasteiger partial charge in [0.1, 0.15) is 18.1 Å². The molecule has 0 aliphatic rings. The minimum absolute atomic E-state index is 0.394. The van der Waals surface area contributed by atoms with E-state index in [1.165, 1.54) is 0 Å². The summed E-state index contributed by atoms with van der Waals surface area (Å²) >= 11 is 0. The molecule has 0 saturated heterocycles. The van der Waals surface area contributed by atoms with Crippen LogP contribution in [-0.4, -0.2) is 25.8 Å². The van der Waals surface area contributed by atoms with Crippen molar-refractivity contribution in [3.8, 4) is 11.5 Å². The number of ether oxygens (including phenoxy) is 2. The molecule has 2 unspecified atom stereocenters. The van der Waals surface area contributed by atoms with Gasteiger partial charge in [-0.05, 0) is 31.5 Å². The van der Waals surface area contributed by atoms with E-state index in [1.807, 2.05) is 31.2 Å². The molecule has 0 amide bonds. The van der Waals surface area contributed by atoms with Gasteiger partial charge in [0, 0.05) is 12.1 Å². The molecule has 0 saturated carbocycles. The second-order valence-electron chi connectivity index (χ2n) is 4.77. The Balaban J connectivity index is 2.55. The Hall–Kier alpha value is -1.22. The largest absolute Gasteiger partial charge is 0.494 e. The quantitative estimate of drug-likeness (QED) is 0.741. The van der Waals surface area contributed by atoms with Crippen LogP contribution in [0.15, 0.2) is 24.3 Å². The molecular weight excluding hydrogens is 238 g/mol. The Morgan fingerprint density at radius 1 is 1.11 bits per heavy atom. The van der Waals surface area contributed by atoms with Gasteiger partial charge in [-0.25, -0.2) is 0 Å². The highest BCUT2D eigenvalue weighted by molar-refractivity contribution is 5.32. The van der Waals surface area contributed by atoms with Crippen molar-refractivity contribution < 1.29 is 9.47 Å². The molecule has 0 spiro atoms. The Labute approximate surface area is 117 Å². The summed E-state index contributed by atoms with van der Waals surface area (Å²) in [6, 6.07) is 8.23. The van der Waals surface area contributed by atoms with Gasteiger partial charge in [0.2, 0.25) is 0 Å². The van der Waals surface area contributed by atoms with E-state index in [0.717, 1.165) is 24.5 Å². The fraction of sp³-hybridized carbons (Fsp3) is 0.625. The van der Waals surface area contributed by atoms with Gasteiger partial charge in [-0.15, -0.1) is 0 Å². The summed E-state index contributed by atoms with van der Waals surface area (Å²) in [7, 11) is 0. The van der Waals surface area contributed by atoms with E-state index in [4.69, 9.17) is 9.47 Å². The van der Waals surface area contributed by atoms with Crippen molar-refractivity contribution in [1.29, 1.82) is 0 Å². The Morgan fingerprint density at radius 3 is 2.37 bits per heavy atom. The minimum atomic E-state index is 0.394. The average molecular weight is 265 g/mol. The molecule has 0 aromatic heterocycles. The lowest BCUT2D eigenvalue weighted by Crippen LogP contribution is -2.39.